The summed E-state index contributed by atoms with van der Waals surface area (Å²) < 4.78 is 0. The Morgan fingerprint density at radius 2 is 1.90 bits per heavy atom. The number of piperidine rings is 1. The standard InChI is InChI=1S/C17H24N2O2/c20-16(17(21)10-4-5-11-17)19-12-6-9-15(13-19)18-14-7-2-1-3-8-14/h1-3,7-8,15,18,21H,4-6,9-13H2. The van der Waals surface area contributed by atoms with Crippen LogP contribution in [-0.4, -0.2) is 40.6 Å². The van der Waals surface area contributed by atoms with Crippen molar-refractivity contribution in [1.82, 2.24) is 4.90 Å². The molecule has 114 valence electrons. The molecule has 1 saturated carbocycles. The van der Waals surface area contributed by atoms with Crippen LogP contribution in [0.5, 0.6) is 0 Å². The van der Waals surface area contributed by atoms with Gasteiger partial charge in [-0.25, -0.2) is 0 Å². The van der Waals surface area contributed by atoms with Crippen molar-refractivity contribution in [2.45, 2.75) is 50.2 Å². The molecule has 2 N–H and O–H groups in total. The number of anilines is 1. The van der Waals surface area contributed by atoms with Gasteiger partial charge in [-0.3, -0.25) is 4.79 Å². The van der Waals surface area contributed by atoms with Gasteiger partial charge in [-0.05, 0) is 50.7 Å². The minimum absolute atomic E-state index is 0.0560. The Balaban J connectivity index is 1.61. The van der Waals surface area contributed by atoms with Gasteiger partial charge in [0.25, 0.3) is 5.91 Å². The van der Waals surface area contributed by atoms with Crippen molar-refractivity contribution >= 4 is 11.6 Å². The third-order valence-electron chi connectivity index (χ3n) is 4.68. The quantitative estimate of drug-likeness (QED) is 0.898. The maximum absolute atomic E-state index is 12.6. The van der Waals surface area contributed by atoms with Gasteiger partial charge in [0.2, 0.25) is 0 Å². The van der Waals surface area contributed by atoms with E-state index in [4.69, 9.17) is 0 Å². The van der Waals surface area contributed by atoms with Crippen molar-refractivity contribution in [2.75, 3.05) is 18.4 Å². The van der Waals surface area contributed by atoms with E-state index in [9.17, 15) is 9.90 Å². The zero-order valence-electron chi connectivity index (χ0n) is 12.4. The molecular weight excluding hydrogens is 264 g/mol. The SMILES string of the molecule is O=C(N1CCCC(Nc2ccccc2)C1)C1(O)CCCC1. The fourth-order valence-corrected chi connectivity index (χ4v) is 3.52. The second kappa shape index (κ2) is 6.06. The Morgan fingerprint density at radius 1 is 1.19 bits per heavy atom. The Labute approximate surface area is 126 Å². The molecule has 1 amide bonds. The van der Waals surface area contributed by atoms with Gasteiger partial charge in [0.05, 0.1) is 0 Å². The Kier molecular flexibility index (Phi) is 4.15. The molecule has 0 aromatic heterocycles. The van der Waals surface area contributed by atoms with Crippen LogP contribution in [0.2, 0.25) is 0 Å². The molecule has 1 atom stereocenters. The number of benzene rings is 1. The second-order valence-corrected chi connectivity index (χ2v) is 6.34. The predicted molar refractivity (Wildman–Crippen MR) is 83.1 cm³/mol. The monoisotopic (exact) mass is 288 g/mol. The maximum Gasteiger partial charge on any atom is 0.254 e. The van der Waals surface area contributed by atoms with Crippen LogP contribution >= 0.6 is 0 Å². The summed E-state index contributed by atoms with van der Waals surface area (Å²) in [4.78, 5) is 14.4. The second-order valence-electron chi connectivity index (χ2n) is 6.34. The molecule has 0 bridgehead atoms. The van der Waals surface area contributed by atoms with Crippen molar-refractivity contribution in [1.29, 1.82) is 0 Å². The fraction of sp³-hybridized carbons (Fsp3) is 0.588. The Bertz CT molecular complexity index is 483. The molecule has 3 rings (SSSR count). The number of hydrogen-bond acceptors (Lipinski definition) is 3. The summed E-state index contributed by atoms with van der Waals surface area (Å²) in [5, 5.41) is 14.0. The normalized spacial score (nSPS) is 24.8. The zero-order valence-corrected chi connectivity index (χ0v) is 12.4. The van der Waals surface area contributed by atoms with Crippen LogP contribution in [0, 0.1) is 0 Å². The van der Waals surface area contributed by atoms with E-state index in [-0.39, 0.29) is 11.9 Å². The summed E-state index contributed by atoms with van der Waals surface area (Å²) in [5.41, 5.74) is 0.00521. The van der Waals surface area contributed by atoms with E-state index in [0.717, 1.165) is 37.9 Å². The largest absolute Gasteiger partial charge is 0.381 e. The van der Waals surface area contributed by atoms with E-state index < -0.39 is 5.60 Å². The maximum atomic E-state index is 12.6. The molecule has 0 spiro atoms. The Morgan fingerprint density at radius 3 is 2.62 bits per heavy atom. The van der Waals surface area contributed by atoms with Gasteiger partial charge in [-0.1, -0.05) is 18.2 Å². The number of amides is 1. The molecule has 21 heavy (non-hydrogen) atoms. The van der Waals surface area contributed by atoms with Crippen molar-refractivity contribution in [3.63, 3.8) is 0 Å². The van der Waals surface area contributed by atoms with Crippen LogP contribution < -0.4 is 5.32 Å². The van der Waals surface area contributed by atoms with Gasteiger partial charge in [-0.15, -0.1) is 0 Å². The van der Waals surface area contributed by atoms with Crippen molar-refractivity contribution in [3.8, 4) is 0 Å². The molecular formula is C17H24N2O2. The minimum atomic E-state index is -1.09. The number of carbonyl (C=O) groups is 1. The number of rotatable bonds is 3. The lowest BCUT2D eigenvalue weighted by atomic mass is 9.97. The topological polar surface area (TPSA) is 52.6 Å². The lowest BCUT2D eigenvalue weighted by Gasteiger charge is -2.37. The first-order valence-corrected chi connectivity index (χ1v) is 8.01. The predicted octanol–water partition coefficient (Wildman–Crippen LogP) is 2.39. The van der Waals surface area contributed by atoms with E-state index in [1.165, 1.54) is 0 Å². The average Bonchev–Trinajstić information content (AvgIpc) is 2.96. The van der Waals surface area contributed by atoms with Crippen LogP contribution in [0.1, 0.15) is 38.5 Å². The van der Waals surface area contributed by atoms with Crippen LogP contribution in [0.3, 0.4) is 0 Å². The molecule has 2 fully saturated rings. The fourth-order valence-electron chi connectivity index (χ4n) is 3.52. The number of hydrogen-bond donors (Lipinski definition) is 2. The van der Waals surface area contributed by atoms with E-state index in [0.29, 0.717) is 19.4 Å². The third-order valence-corrected chi connectivity index (χ3v) is 4.68. The summed E-state index contributed by atoms with van der Waals surface area (Å²) in [6.45, 7) is 1.46. The van der Waals surface area contributed by atoms with Crippen molar-refractivity contribution in [3.05, 3.63) is 30.3 Å². The molecule has 1 unspecified atom stereocenters. The molecule has 1 aromatic rings. The summed E-state index contributed by atoms with van der Waals surface area (Å²) in [5.74, 6) is -0.0560. The highest BCUT2D eigenvalue weighted by atomic mass is 16.3. The van der Waals surface area contributed by atoms with Gasteiger partial charge < -0.3 is 15.3 Å². The first kappa shape index (κ1) is 14.4. The van der Waals surface area contributed by atoms with E-state index in [2.05, 4.69) is 5.32 Å². The molecule has 1 heterocycles. The highest BCUT2D eigenvalue weighted by molar-refractivity contribution is 5.85. The van der Waals surface area contributed by atoms with Crippen LogP contribution in [0.4, 0.5) is 5.69 Å². The lowest BCUT2D eigenvalue weighted by molar-refractivity contribution is -0.151. The Hall–Kier alpha value is -1.55. The molecule has 1 aliphatic carbocycles. The van der Waals surface area contributed by atoms with Crippen LogP contribution in [0.15, 0.2) is 30.3 Å². The van der Waals surface area contributed by atoms with Gasteiger partial charge in [-0.2, -0.15) is 0 Å². The highest BCUT2D eigenvalue weighted by Gasteiger charge is 2.42. The number of para-hydroxylation sites is 1. The molecule has 2 aliphatic rings. The summed E-state index contributed by atoms with van der Waals surface area (Å²) >= 11 is 0. The zero-order chi connectivity index (χ0) is 14.7. The summed E-state index contributed by atoms with van der Waals surface area (Å²) in [6, 6.07) is 10.4. The number of nitrogens with zero attached hydrogens (tertiary/aromatic N) is 1. The number of likely N-dealkylation sites (tertiary alicyclic amines) is 1. The highest BCUT2D eigenvalue weighted by Crippen LogP contribution is 2.32. The molecule has 1 aliphatic heterocycles. The van der Waals surface area contributed by atoms with Crippen LogP contribution in [-0.2, 0) is 4.79 Å². The van der Waals surface area contributed by atoms with E-state index in [1.807, 2.05) is 35.2 Å². The first-order chi connectivity index (χ1) is 10.2. The van der Waals surface area contributed by atoms with Gasteiger partial charge >= 0.3 is 0 Å². The van der Waals surface area contributed by atoms with Crippen molar-refractivity contribution in [2.24, 2.45) is 0 Å². The molecule has 1 aromatic carbocycles. The lowest BCUT2D eigenvalue weighted by Crippen LogP contribution is -2.53. The van der Waals surface area contributed by atoms with Gasteiger partial charge in [0, 0.05) is 24.8 Å². The number of nitrogens with one attached hydrogen (secondary N) is 1. The van der Waals surface area contributed by atoms with E-state index >= 15 is 0 Å². The average molecular weight is 288 g/mol. The van der Waals surface area contributed by atoms with Crippen LogP contribution in [0.25, 0.3) is 0 Å². The molecule has 0 radical (unpaired) electrons. The van der Waals surface area contributed by atoms with Gasteiger partial charge in [0.1, 0.15) is 5.60 Å². The number of aliphatic hydroxyl groups is 1. The third kappa shape index (κ3) is 3.21. The van der Waals surface area contributed by atoms with Gasteiger partial charge in [0.15, 0.2) is 0 Å². The molecule has 1 saturated heterocycles. The summed E-state index contributed by atoms with van der Waals surface area (Å²) in [6.07, 6.45) is 5.23. The van der Waals surface area contributed by atoms with E-state index in [1.54, 1.807) is 0 Å². The molecule has 4 nitrogen and oxygen atoms in total. The summed E-state index contributed by atoms with van der Waals surface area (Å²) in [7, 11) is 0. The smallest absolute Gasteiger partial charge is 0.254 e. The molecule has 4 heteroatoms. The first-order valence-electron chi connectivity index (χ1n) is 8.01. The number of carbonyl (C=O) groups excluding carboxylic acids is 1. The van der Waals surface area contributed by atoms with Crippen molar-refractivity contribution < 1.29 is 9.90 Å². The minimum Gasteiger partial charge on any atom is -0.381 e.